The fourth-order valence-electron chi connectivity index (χ4n) is 1.18. The molecular weight excluding hydrogens is 296 g/mol. The van der Waals surface area contributed by atoms with Crippen LogP contribution in [0.2, 0.25) is 0 Å². The standard InChI is InChI=1S/C11H12BrClFNO/c1-2-8(6-13)15-11(16)9-5-7(12)3-4-10(9)14/h3-5,8H,2,6H2,1H3,(H,15,16). The van der Waals surface area contributed by atoms with E-state index in [1.54, 1.807) is 6.07 Å². The largest absolute Gasteiger partial charge is 0.348 e. The number of alkyl halides is 1. The van der Waals surface area contributed by atoms with E-state index in [1.807, 2.05) is 6.92 Å². The Morgan fingerprint density at radius 3 is 2.88 bits per heavy atom. The van der Waals surface area contributed by atoms with Gasteiger partial charge in [-0.15, -0.1) is 11.6 Å². The predicted octanol–water partition coefficient (Wildman–Crippen LogP) is 3.34. The van der Waals surface area contributed by atoms with Gasteiger partial charge in [-0.05, 0) is 24.6 Å². The molecule has 1 N–H and O–H groups in total. The maximum absolute atomic E-state index is 13.4. The Morgan fingerprint density at radius 2 is 2.31 bits per heavy atom. The number of hydrogen-bond acceptors (Lipinski definition) is 1. The van der Waals surface area contributed by atoms with Crippen molar-refractivity contribution in [3.63, 3.8) is 0 Å². The third-order valence-electron chi connectivity index (χ3n) is 2.19. The summed E-state index contributed by atoms with van der Waals surface area (Å²) in [6.45, 7) is 1.91. The summed E-state index contributed by atoms with van der Waals surface area (Å²) < 4.78 is 14.0. The van der Waals surface area contributed by atoms with Crippen LogP contribution in [0.1, 0.15) is 23.7 Å². The molecule has 0 aromatic heterocycles. The van der Waals surface area contributed by atoms with Crippen LogP contribution in [-0.4, -0.2) is 17.8 Å². The van der Waals surface area contributed by atoms with Gasteiger partial charge in [-0.1, -0.05) is 22.9 Å². The highest BCUT2D eigenvalue weighted by atomic mass is 79.9. The van der Waals surface area contributed by atoms with E-state index in [-0.39, 0.29) is 11.6 Å². The number of halogens is 3. The normalized spacial score (nSPS) is 12.2. The van der Waals surface area contributed by atoms with Crippen LogP contribution in [-0.2, 0) is 0 Å². The average Bonchev–Trinajstić information content (AvgIpc) is 2.28. The SMILES string of the molecule is CCC(CCl)NC(=O)c1cc(Br)ccc1F. The van der Waals surface area contributed by atoms with Crippen LogP contribution in [0.15, 0.2) is 22.7 Å². The zero-order valence-electron chi connectivity index (χ0n) is 8.77. The summed E-state index contributed by atoms with van der Waals surface area (Å²) in [5, 5.41) is 2.67. The van der Waals surface area contributed by atoms with E-state index >= 15 is 0 Å². The fraction of sp³-hybridized carbons (Fsp3) is 0.364. The molecule has 0 saturated carbocycles. The highest BCUT2D eigenvalue weighted by molar-refractivity contribution is 9.10. The number of carbonyl (C=O) groups is 1. The Labute approximate surface area is 107 Å². The van der Waals surface area contributed by atoms with Crippen LogP contribution in [0.3, 0.4) is 0 Å². The number of hydrogen-bond donors (Lipinski definition) is 1. The van der Waals surface area contributed by atoms with Gasteiger partial charge in [-0.2, -0.15) is 0 Å². The van der Waals surface area contributed by atoms with Gasteiger partial charge in [-0.25, -0.2) is 4.39 Å². The van der Waals surface area contributed by atoms with Crippen LogP contribution >= 0.6 is 27.5 Å². The van der Waals surface area contributed by atoms with E-state index in [4.69, 9.17) is 11.6 Å². The fourth-order valence-corrected chi connectivity index (χ4v) is 1.84. The lowest BCUT2D eigenvalue weighted by atomic mass is 10.1. The summed E-state index contributed by atoms with van der Waals surface area (Å²) >= 11 is 8.84. The summed E-state index contributed by atoms with van der Waals surface area (Å²) in [5.41, 5.74) is 0.0259. The van der Waals surface area contributed by atoms with Gasteiger partial charge in [-0.3, -0.25) is 4.79 Å². The van der Waals surface area contributed by atoms with Gasteiger partial charge in [0.2, 0.25) is 0 Å². The summed E-state index contributed by atoms with van der Waals surface area (Å²) in [4.78, 5) is 11.7. The van der Waals surface area contributed by atoms with Crippen molar-refractivity contribution in [1.82, 2.24) is 5.32 Å². The minimum atomic E-state index is -0.537. The Morgan fingerprint density at radius 1 is 1.62 bits per heavy atom. The van der Waals surface area contributed by atoms with E-state index < -0.39 is 11.7 Å². The second-order valence-corrected chi connectivity index (χ2v) is 4.58. The molecule has 1 rings (SSSR count). The molecule has 1 amide bonds. The number of rotatable bonds is 4. The van der Waals surface area contributed by atoms with Crippen molar-refractivity contribution in [3.8, 4) is 0 Å². The van der Waals surface area contributed by atoms with Crippen LogP contribution in [0.5, 0.6) is 0 Å². The number of nitrogens with one attached hydrogen (secondary N) is 1. The molecule has 0 aliphatic heterocycles. The quantitative estimate of drug-likeness (QED) is 0.849. The summed E-state index contributed by atoms with van der Waals surface area (Å²) in [5.74, 6) is -0.658. The van der Waals surface area contributed by atoms with Gasteiger partial charge in [0.25, 0.3) is 5.91 Å². The van der Waals surface area contributed by atoms with Crippen molar-refractivity contribution in [1.29, 1.82) is 0 Å². The van der Waals surface area contributed by atoms with Crippen LogP contribution in [0.4, 0.5) is 4.39 Å². The lowest BCUT2D eigenvalue weighted by molar-refractivity contribution is 0.0935. The first kappa shape index (κ1) is 13.5. The van der Waals surface area contributed by atoms with Gasteiger partial charge < -0.3 is 5.32 Å². The third-order valence-corrected chi connectivity index (χ3v) is 3.05. The van der Waals surface area contributed by atoms with Crippen LogP contribution in [0.25, 0.3) is 0 Å². The third kappa shape index (κ3) is 3.46. The molecule has 1 unspecified atom stereocenters. The molecule has 0 bridgehead atoms. The van der Waals surface area contributed by atoms with Crippen molar-refractivity contribution in [3.05, 3.63) is 34.1 Å². The molecule has 0 aliphatic carbocycles. The topological polar surface area (TPSA) is 29.1 Å². The maximum atomic E-state index is 13.4. The predicted molar refractivity (Wildman–Crippen MR) is 66.4 cm³/mol. The maximum Gasteiger partial charge on any atom is 0.254 e. The summed E-state index contributed by atoms with van der Waals surface area (Å²) in [6.07, 6.45) is 0.713. The number of carbonyl (C=O) groups excluding carboxylic acids is 1. The molecule has 5 heteroatoms. The zero-order chi connectivity index (χ0) is 12.1. The zero-order valence-corrected chi connectivity index (χ0v) is 11.1. The average molecular weight is 309 g/mol. The number of amides is 1. The van der Waals surface area contributed by atoms with Gasteiger partial charge in [0.15, 0.2) is 0 Å². The lowest BCUT2D eigenvalue weighted by Gasteiger charge is -2.14. The second-order valence-electron chi connectivity index (χ2n) is 3.36. The van der Waals surface area contributed by atoms with E-state index in [0.717, 1.165) is 0 Å². The Balaban J connectivity index is 2.83. The molecular formula is C11H12BrClFNO. The first-order chi connectivity index (χ1) is 7.58. The molecule has 0 aliphatic rings. The van der Waals surface area contributed by atoms with Gasteiger partial charge in [0.1, 0.15) is 5.82 Å². The molecule has 1 aromatic carbocycles. The smallest absolute Gasteiger partial charge is 0.254 e. The molecule has 0 radical (unpaired) electrons. The first-order valence-corrected chi connectivity index (χ1v) is 6.23. The van der Waals surface area contributed by atoms with E-state index in [9.17, 15) is 9.18 Å². The Bertz CT molecular complexity index is 382. The minimum Gasteiger partial charge on any atom is -0.348 e. The van der Waals surface area contributed by atoms with Crippen molar-refractivity contribution in [2.75, 3.05) is 5.88 Å². The van der Waals surface area contributed by atoms with Gasteiger partial charge >= 0.3 is 0 Å². The molecule has 0 fully saturated rings. The molecule has 16 heavy (non-hydrogen) atoms. The van der Waals surface area contributed by atoms with E-state index in [0.29, 0.717) is 16.8 Å². The second kappa shape index (κ2) is 6.21. The van der Waals surface area contributed by atoms with Crippen LogP contribution in [0, 0.1) is 5.82 Å². The van der Waals surface area contributed by atoms with Gasteiger partial charge in [0.05, 0.1) is 5.56 Å². The molecule has 0 saturated heterocycles. The van der Waals surface area contributed by atoms with E-state index in [1.165, 1.54) is 12.1 Å². The van der Waals surface area contributed by atoms with Crippen molar-refractivity contribution >= 4 is 33.4 Å². The molecule has 2 nitrogen and oxygen atoms in total. The first-order valence-electron chi connectivity index (χ1n) is 4.90. The molecule has 0 heterocycles. The van der Waals surface area contributed by atoms with Crippen molar-refractivity contribution < 1.29 is 9.18 Å². The Kier molecular flexibility index (Phi) is 5.22. The molecule has 0 spiro atoms. The van der Waals surface area contributed by atoms with Crippen LogP contribution < -0.4 is 5.32 Å². The van der Waals surface area contributed by atoms with Crippen molar-refractivity contribution in [2.24, 2.45) is 0 Å². The highest BCUT2D eigenvalue weighted by Gasteiger charge is 2.15. The highest BCUT2D eigenvalue weighted by Crippen LogP contribution is 2.15. The molecule has 1 aromatic rings. The molecule has 88 valence electrons. The van der Waals surface area contributed by atoms with Crippen molar-refractivity contribution in [2.45, 2.75) is 19.4 Å². The molecule has 1 atom stereocenters. The summed E-state index contributed by atoms with van der Waals surface area (Å²) in [7, 11) is 0. The van der Waals surface area contributed by atoms with E-state index in [2.05, 4.69) is 21.2 Å². The number of benzene rings is 1. The lowest BCUT2D eigenvalue weighted by Crippen LogP contribution is -2.36. The minimum absolute atomic E-state index is 0.0259. The summed E-state index contributed by atoms with van der Waals surface area (Å²) in [6, 6.07) is 4.12. The monoisotopic (exact) mass is 307 g/mol. The van der Waals surface area contributed by atoms with Gasteiger partial charge in [0, 0.05) is 16.4 Å². The Hall–Kier alpha value is -0.610.